The molecule has 0 saturated carbocycles. The minimum absolute atomic E-state index is 0.0673. The average molecular weight is 281 g/mol. The third-order valence-electron chi connectivity index (χ3n) is 2.09. The summed E-state index contributed by atoms with van der Waals surface area (Å²) in [5.41, 5.74) is 6.54. The molecular formula is C11H9ClN4OS. The summed E-state index contributed by atoms with van der Waals surface area (Å²) < 4.78 is 0. The zero-order valence-electron chi connectivity index (χ0n) is 9.08. The number of rotatable bonds is 2. The molecule has 0 atom stereocenters. The summed E-state index contributed by atoms with van der Waals surface area (Å²) in [5.74, 6) is -0.240. The molecule has 92 valence electrons. The van der Waals surface area contributed by atoms with Crippen molar-refractivity contribution < 1.29 is 5.11 Å². The van der Waals surface area contributed by atoms with E-state index in [1.807, 2.05) is 0 Å². The summed E-state index contributed by atoms with van der Waals surface area (Å²) in [4.78, 5) is 11.5. The third-order valence-corrected chi connectivity index (χ3v) is 2.55. The number of nitrogens with two attached hydrogens (primary N) is 1. The van der Waals surface area contributed by atoms with Gasteiger partial charge in [0.15, 0.2) is 16.7 Å². The predicted molar refractivity (Wildman–Crippen MR) is 74.1 cm³/mol. The summed E-state index contributed by atoms with van der Waals surface area (Å²) in [5, 5.41) is 10.3. The van der Waals surface area contributed by atoms with E-state index in [2.05, 4.69) is 27.6 Å². The zero-order valence-corrected chi connectivity index (χ0v) is 10.7. The molecule has 0 spiro atoms. The largest absolute Gasteiger partial charge is 0.492 e. The standard InChI is InChI=1S/C11H9ClN4OS/c12-7-3-1-6(2-4-7)5-14-8-9(13)15-11(18)16-10(8)17/h1-5H,(H4,13,15,16,17,18). The highest BCUT2D eigenvalue weighted by Gasteiger charge is 2.08. The van der Waals surface area contributed by atoms with Crippen LogP contribution in [-0.4, -0.2) is 21.3 Å². The van der Waals surface area contributed by atoms with Gasteiger partial charge in [-0.2, -0.15) is 4.98 Å². The van der Waals surface area contributed by atoms with Crippen LogP contribution >= 0.6 is 24.2 Å². The molecule has 0 amide bonds. The molecule has 3 N–H and O–H groups in total. The maximum absolute atomic E-state index is 9.58. The first-order valence-electron chi connectivity index (χ1n) is 4.91. The second kappa shape index (κ2) is 5.24. The smallest absolute Gasteiger partial charge is 0.243 e. The summed E-state index contributed by atoms with van der Waals surface area (Å²) in [6.45, 7) is 0. The van der Waals surface area contributed by atoms with Gasteiger partial charge in [-0.3, -0.25) is 0 Å². The third kappa shape index (κ3) is 2.91. The Bertz CT molecular complexity index is 577. The molecule has 1 aromatic heterocycles. The Morgan fingerprint density at radius 2 is 1.94 bits per heavy atom. The van der Waals surface area contributed by atoms with E-state index in [4.69, 9.17) is 17.3 Å². The summed E-state index contributed by atoms with van der Waals surface area (Å²) in [6.07, 6.45) is 1.53. The number of aromatic nitrogens is 2. The predicted octanol–water partition coefficient (Wildman–Crippen LogP) is 2.46. The van der Waals surface area contributed by atoms with E-state index in [-0.39, 0.29) is 22.5 Å². The van der Waals surface area contributed by atoms with Gasteiger partial charge in [0.2, 0.25) is 5.88 Å². The van der Waals surface area contributed by atoms with Gasteiger partial charge >= 0.3 is 0 Å². The van der Waals surface area contributed by atoms with E-state index in [1.165, 1.54) is 6.21 Å². The second-order valence-electron chi connectivity index (χ2n) is 3.39. The molecular weight excluding hydrogens is 272 g/mol. The highest BCUT2D eigenvalue weighted by atomic mass is 35.5. The van der Waals surface area contributed by atoms with Crippen molar-refractivity contribution in [3.63, 3.8) is 0 Å². The topological polar surface area (TPSA) is 84.4 Å². The lowest BCUT2D eigenvalue weighted by Crippen LogP contribution is -1.94. The number of aromatic hydroxyl groups is 1. The number of benzene rings is 1. The quantitative estimate of drug-likeness (QED) is 0.448. The normalized spacial score (nSPS) is 11.0. The number of aliphatic imine (C=N–C) groups is 1. The van der Waals surface area contributed by atoms with E-state index in [9.17, 15) is 5.11 Å². The molecule has 0 aliphatic carbocycles. The Morgan fingerprint density at radius 3 is 2.56 bits per heavy atom. The highest BCUT2D eigenvalue weighted by molar-refractivity contribution is 7.80. The lowest BCUT2D eigenvalue weighted by atomic mass is 10.2. The van der Waals surface area contributed by atoms with E-state index in [0.717, 1.165) is 5.56 Å². The van der Waals surface area contributed by atoms with Crippen molar-refractivity contribution in [3.8, 4) is 5.88 Å². The fraction of sp³-hybridized carbons (Fsp3) is 0. The Labute approximate surface area is 114 Å². The van der Waals surface area contributed by atoms with E-state index >= 15 is 0 Å². The van der Waals surface area contributed by atoms with Gasteiger partial charge in [-0.15, -0.1) is 12.6 Å². The number of anilines is 1. The van der Waals surface area contributed by atoms with Gasteiger partial charge in [0, 0.05) is 11.2 Å². The van der Waals surface area contributed by atoms with Crippen molar-refractivity contribution in [1.29, 1.82) is 0 Å². The number of halogens is 1. The van der Waals surface area contributed by atoms with Crippen molar-refractivity contribution in [2.75, 3.05) is 5.73 Å². The number of hydrogen-bond donors (Lipinski definition) is 3. The molecule has 0 aliphatic rings. The Hall–Kier alpha value is -1.79. The van der Waals surface area contributed by atoms with Crippen molar-refractivity contribution in [2.45, 2.75) is 5.16 Å². The summed E-state index contributed by atoms with van der Waals surface area (Å²) in [7, 11) is 0. The van der Waals surface area contributed by atoms with Gasteiger partial charge in [0.25, 0.3) is 0 Å². The molecule has 7 heteroatoms. The lowest BCUT2D eigenvalue weighted by molar-refractivity contribution is 0.448. The van der Waals surface area contributed by atoms with Gasteiger partial charge < -0.3 is 10.8 Å². The molecule has 1 aromatic carbocycles. The zero-order chi connectivity index (χ0) is 13.1. The molecule has 1 heterocycles. The minimum atomic E-state index is -0.308. The average Bonchev–Trinajstić information content (AvgIpc) is 2.30. The van der Waals surface area contributed by atoms with E-state index in [0.29, 0.717) is 5.02 Å². The molecule has 0 bridgehead atoms. The van der Waals surface area contributed by atoms with Gasteiger partial charge in [-0.1, -0.05) is 23.7 Å². The first kappa shape index (κ1) is 12.7. The summed E-state index contributed by atoms with van der Waals surface area (Å²) in [6, 6.07) is 7.04. The molecule has 0 saturated heterocycles. The molecule has 0 fully saturated rings. The van der Waals surface area contributed by atoms with E-state index < -0.39 is 0 Å². The van der Waals surface area contributed by atoms with Crippen LogP contribution in [-0.2, 0) is 0 Å². The van der Waals surface area contributed by atoms with Crippen LogP contribution in [0, 0.1) is 0 Å². The van der Waals surface area contributed by atoms with Crippen LogP contribution < -0.4 is 5.73 Å². The molecule has 0 unspecified atom stereocenters. The molecule has 2 aromatic rings. The Kier molecular flexibility index (Phi) is 3.69. The van der Waals surface area contributed by atoms with Gasteiger partial charge in [0.05, 0.1) is 0 Å². The molecule has 0 aliphatic heterocycles. The maximum Gasteiger partial charge on any atom is 0.243 e. The minimum Gasteiger partial charge on any atom is -0.492 e. The van der Waals surface area contributed by atoms with Crippen molar-refractivity contribution >= 4 is 41.9 Å². The van der Waals surface area contributed by atoms with Crippen LogP contribution in [0.3, 0.4) is 0 Å². The van der Waals surface area contributed by atoms with Crippen LogP contribution in [0.1, 0.15) is 5.56 Å². The molecule has 2 rings (SSSR count). The van der Waals surface area contributed by atoms with Gasteiger partial charge in [-0.25, -0.2) is 9.98 Å². The SMILES string of the molecule is Nc1nc(S)nc(O)c1N=Cc1ccc(Cl)cc1. The van der Waals surface area contributed by atoms with Gasteiger partial charge in [0.1, 0.15) is 0 Å². The van der Waals surface area contributed by atoms with Gasteiger partial charge in [-0.05, 0) is 17.7 Å². The van der Waals surface area contributed by atoms with Crippen LogP contribution in [0.5, 0.6) is 5.88 Å². The van der Waals surface area contributed by atoms with Crippen molar-refractivity contribution in [3.05, 3.63) is 34.9 Å². The number of hydrogen-bond acceptors (Lipinski definition) is 6. The van der Waals surface area contributed by atoms with Crippen LogP contribution in [0.4, 0.5) is 11.5 Å². The number of nitrogens with zero attached hydrogens (tertiary/aromatic N) is 3. The Balaban J connectivity index is 2.31. The molecule has 18 heavy (non-hydrogen) atoms. The number of thiol groups is 1. The van der Waals surface area contributed by atoms with Crippen LogP contribution in [0.2, 0.25) is 5.02 Å². The van der Waals surface area contributed by atoms with Crippen molar-refractivity contribution in [1.82, 2.24) is 9.97 Å². The summed E-state index contributed by atoms with van der Waals surface area (Å²) >= 11 is 9.66. The molecule has 0 radical (unpaired) electrons. The van der Waals surface area contributed by atoms with Crippen LogP contribution in [0.15, 0.2) is 34.4 Å². The van der Waals surface area contributed by atoms with Crippen molar-refractivity contribution in [2.24, 2.45) is 4.99 Å². The second-order valence-corrected chi connectivity index (χ2v) is 4.23. The maximum atomic E-state index is 9.58. The molecule has 5 nitrogen and oxygen atoms in total. The fourth-order valence-electron chi connectivity index (χ4n) is 1.26. The lowest BCUT2D eigenvalue weighted by Gasteiger charge is -2.02. The Morgan fingerprint density at radius 1 is 1.28 bits per heavy atom. The first-order chi connectivity index (χ1) is 8.56. The fourth-order valence-corrected chi connectivity index (χ4v) is 1.59. The number of nitrogen functional groups attached to an aromatic ring is 1. The first-order valence-corrected chi connectivity index (χ1v) is 5.74. The van der Waals surface area contributed by atoms with Crippen LogP contribution in [0.25, 0.3) is 0 Å². The van der Waals surface area contributed by atoms with E-state index in [1.54, 1.807) is 24.3 Å². The monoisotopic (exact) mass is 280 g/mol. The highest BCUT2D eigenvalue weighted by Crippen LogP contribution is 2.29.